The van der Waals surface area contributed by atoms with Crippen molar-refractivity contribution in [3.63, 3.8) is 0 Å². The van der Waals surface area contributed by atoms with Gasteiger partial charge in [0.05, 0.1) is 18.6 Å². The van der Waals surface area contributed by atoms with Crippen molar-refractivity contribution >= 4 is 11.9 Å². The number of imidazole rings is 1. The molecule has 9 heteroatoms. The molecule has 2 aromatic heterocycles. The van der Waals surface area contributed by atoms with Crippen LogP contribution in [0.4, 0.5) is 0 Å². The average Bonchev–Trinajstić information content (AvgIpc) is 2.96. The zero-order valence-electron chi connectivity index (χ0n) is 10.7. The Kier molecular flexibility index (Phi) is 2.74. The second-order valence-corrected chi connectivity index (χ2v) is 4.68. The molecule has 0 unspecified atom stereocenters. The molecule has 1 aliphatic rings. The van der Waals surface area contributed by atoms with Gasteiger partial charge in [0.1, 0.15) is 5.69 Å². The normalized spacial score (nSPS) is 15.2. The molecule has 0 saturated carbocycles. The molecule has 0 atom stereocenters. The summed E-state index contributed by atoms with van der Waals surface area (Å²) < 4.78 is 3.19. The van der Waals surface area contributed by atoms with Crippen molar-refractivity contribution in [1.29, 1.82) is 0 Å². The van der Waals surface area contributed by atoms with Gasteiger partial charge in [0.2, 0.25) is 0 Å². The molecule has 1 aliphatic heterocycles. The van der Waals surface area contributed by atoms with E-state index in [0.29, 0.717) is 18.8 Å². The molecule has 0 aliphatic carbocycles. The molecule has 104 valence electrons. The maximum atomic E-state index is 12.0. The van der Waals surface area contributed by atoms with Crippen LogP contribution in [0.15, 0.2) is 18.7 Å². The molecule has 2 aromatic rings. The Bertz CT molecular complexity index is 669. The molecular weight excluding hydrogens is 264 g/mol. The summed E-state index contributed by atoms with van der Waals surface area (Å²) in [6.07, 6.45) is 4.60. The van der Waals surface area contributed by atoms with Crippen LogP contribution in [0.5, 0.6) is 0 Å². The van der Waals surface area contributed by atoms with Gasteiger partial charge in [0, 0.05) is 26.3 Å². The Labute approximate surface area is 113 Å². The molecule has 1 N–H and O–H groups in total. The average molecular weight is 276 g/mol. The maximum Gasteiger partial charge on any atom is 0.358 e. The monoisotopic (exact) mass is 276 g/mol. The van der Waals surface area contributed by atoms with Crippen LogP contribution in [0.25, 0.3) is 0 Å². The number of rotatable bonds is 3. The number of nitrogens with zero attached hydrogens (tertiary/aromatic N) is 6. The van der Waals surface area contributed by atoms with E-state index in [0.717, 1.165) is 0 Å². The number of hydrogen-bond acceptors (Lipinski definition) is 5. The van der Waals surface area contributed by atoms with E-state index >= 15 is 0 Å². The van der Waals surface area contributed by atoms with Crippen molar-refractivity contribution in [3.8, 4) is 0 Å². The van der Waals surface area contributed by atoms with E-state index in [1.54, 1.807) is 29.0 Å². The lowest BCUT2D eigenvalue weighted by Crippen LogP contribution is -2.51. The highest BCUT2D eigenvalue weighted by molar-refractivity contribution is 5.92. The summed E-state index contributed by atoms with van der Waals surface area (Å²) >= 11 is 0. The largest absolute Gasteiger partial charge is 0.476 e. The van der Waals surface area contributed by atoms with E-state index in [1.165, 1.54) is 10.9 Å². The highest BCUT2D eigenvalue weighted by atomic mass is 16.4. The van der Waals surface area contributed by atoms with Gasteiger partial charge in [0.25, 0.3) is 5.91 Å². The molecule has 1 amide bonds. The van der Waals surface area contributed by atoms with Gasteiger partial charge < -0.3 is 14.6 Å². The Morgan fingerprint density at radius 1 is 1.30 bits per heavy atom. The first-order valence-electron chi connectivity index (χ1n) is 5.97. The number of carbonyl (C=O) groups is 2. The highest BCUT2D eigenvalue weighted by Gasteiger charge is 2.34. The number of aryl methyl sites for hydroxylation is 1. The zero-order valence-corrected chi connectivity index (χ0v) is 10.7. The molecule has 0 spiro atoms. The second kappa shape index (κ2) is 4.44. The molecule has 3 heterocycles. The number of aromatic nitrogens is 5. The molecule has 1 saturated heterocycles. The van der Waals surface area contributed by atoms with Crippen LogP contribution in [0, 0.1) is 0 Å². The third kappa shape index (κ3) is 2.02. The van der Waals surface area contributed by atoms with E-state index in [-0.39, 0.29) is 17.6 Å². The van der Waals surface area contributed by atoms with Crippen molar-refractivity contribution in [3.05, 3.63) is 30.1 Å². The Morgan fingerprint density at radius 2 is 2.05 bits per heavy atom. The summed E-state index contributed by atoms with van der Waals surface area (Å²) in [5.74, 6) is -1.25. The van der Waals surface area contributed by atoms with E-state index in [9.17, 15) is 9.59 Å². The predicted octanol–water partition coefficient (Wildman–Crippen LogP) is -0.593. The lowest BCUT2D eigenvalue weighted by molar-refractivity contribution is 0.0492. The number of carboxylic acids is 1. The number of carboxylic acid groups (broad SMARTS) is 1. The summed E-state index contributed by atoms with van der Waals surface area (Å²) in [5.41, 5.74) is 0.301. The van der Waals surface area contributed by atoms with Crippen molar-refractivity contribution < 1.29 is 14.7 Å². The minimum absolute atomic E-state index is 0.0386. The first-order chi connectivity index (χ1) is 9.54. The summed E-state index contributed by atoms with van der Waals surface area (Å²) in [6, 6.07) is -0.0386. The molecule has 3 rings (SSSR count). The van der Waals surface area contributed by atoms with Gasteiger partial charge in [-0.3, -0.25) is 4.79 Å². The van der Waals surface area contributed by atoms with Crippen LogP contribution in [0.1, 0.15) is 27.0 Å². The highest BCUT2D eigenvalue weighted by Crippen LogP contribution is 2.22. The zero-order chi connectivity index (χ0) is 14.3. The second-order valence-electron chi connectivity index (χ2n) is 4.68. The van der Waals surface area contributed by atoms with E-state index in [1.807, 2.05) is 0 Å². The van der Waals surface area contributed by atoms with Crippen LogP contribution >= 0.6 is 0 Å². The van der Waals surface area contributed by atoms with Gasteiger partial charge in [0.15, 0.2) is 5.69 Å². The van der Waals surface area contributed by atoms with Crippen LogP contribution < -0.4 is 0 Å². The van der Waals surface area contributed by atoms with Crippen LogP contribution in [0.3, 0.4) is 0 Å². The van der Waals surface area contributed by atoms with Crippen LogP contribution in [0.2, 0.25) is 0 Å². The van der Waals surface area contributed by atoms with Gasteiger partial charge >= 0.3 is 5.97 Å². The Balaban J connectivity index is 1.63. The third-order valence-corrected chi connectivity index (χ3v) is 3.18. The smallest absolute Gasteiger partial charge is 0.358 e. The van der Waals surface area contributed by atoms with Crippen molar-refractivity contribution in [2.75, 3.05) is 13.1 Å². The number of aromatic carboxylic acids is 1. The van der Waals surface area contributed by atoms with Crippen molar-refractivity contribution in [2.45, 2.75) is 6.04 Å². The molecule has 0 radical (unpaired) electrons. The fraction of sp³-hybridized carbons (Fsp3) is 0.364. The van der Waals surface area contributed by atoms with Crippen molar-refractivity contribution in [2.24, 2.45) is 7.05 Å². The van der Waals surface area contributed by atoms with Gasteiger partial charge in [-0.05, 0) is 0 Å². The minimum Gasteiger partial charge on any atom is -0.476 e. The number of hydrogen-bond donors (Lipinski definition) is 1. The third-order valence-electron chi connectivity index (χ3n) is 3.18. The fourth-order valence-electron chi connectivity index (χ4n) is 2.03. The first kappa shape index (κ1) is 12.3. The topological polar surface area (TPSA) is 106 Å². The molecule has 1 fully saturated rings. The quantitative estimate of drug-likeness (QED) is 0.802. The van der Waals surface area contributed by atoms with E-state index < -0.39 is 5.97 Å². The van der Waals surface area contributed by atoms with Crippen molar-refractivity contribution in [1.82, 2.24) is 29.4 Å². The summed E-state index contributed by atoms with van der Waals surface area (Å²) in [4.78, 5) is 28.4. The Morgan fingerprint density at radius 3 is 2.60 bits per heavy atom. The lowest BCUT2D eigenvalue weighted by atomic mass is 10.1. The fourth-order valence-corrected chi connectivity index (χ4v) is 2.03. The van der Waals surface area contributed by atoms with Crippen LogP contribution in [-0.4, -0.2) is 59.5 Å². The van der Waals surface area contributed by atoms with Gasteiger partial charge in [-0.15, -0.1) is 5.10 Å². The summed E-state index contributed by atoms with van der Waals surface area (Å²) in [5, 5.41) is 16.1. The Hall–Kier alpha value is -2.71. The number of carbonyl (C=O) groups excluding carboxylic acids is 1. The van der Waals surface area contributed by atoms with E-state index in [4.69, 9.17) is 5.11 Å². The summed E-state index contributed by atoms with van der Waals surface area (Å²) in [7, 11) is 1.80. The van der Waals surface area contributed by atoms with Gasteiger partial charge in [-0.2, -0.15) is 0 Å². The molecule has 0 aromatic carbocycles. The maximum absolute atomic E-state index is 12.0. The van der Waals surface area contributed by atoms with E-state index in [2.05, 4.69) is 15.3 Å². The lowest BCUT2D eigenvalue weighted by Gasteiger charge is -2.38. The number of amides is 1. The molecule has 0 bridgehead atoms. The standard InChI is InChI=1S/C11H12N6O3/c1-15-4-8(12-6-15)10(18)16-2-7(3-16)17-5-9(11(19)20)13-14-17/h4-7H,2-3H2,1H3,(H,19,20). The summed E-state index contributed by atoms with van der Waals surface area (Å²) in [6.45, 7) is 0.940. The molecular formula is C11H12N6O3. The first-order valence-corrected chi connectivity index (χ1v) is 5.97. The molecule has 20 heavy (non-hydrogen) atoms. The molecule has 9 nitrogen and oxygen atoms in total. The van der Waals surface area contributed by atoms with Gasteiger partial charge in [-0.1, -0.05) is 5.21 Å². The predicted molar refractivity (Wildman–Crippen MR) is 65.1 cm³/mol. The van der Waals surface area contributed by atoms with Crippen LogP contribution in [-0.2, 0) is 7.05 Å². The number of likely N-dealkylation sites (tertiary alicyclic amines) is 1. The minimum atomic E-state index is -1.11. The van der Waals surface area contributed by atoms with Gasteiger partial charge in [-0.25, -0.2) is 14.5 Å². The SMILES string of the molecule is Cn1cnc(C(=O)N2CC(n3cc(C(=O)O)nn3)C2)c1.